The monoisotopic (exact) mass is 397 g/mol. The van der Waals surface area contributed by atoms with E-state index in [0.717, 1.165) is 22.4 Å². The quantitative estimate of drug-likeness (QED) is 0.354. The summed E-state index contributed by atoms with van der Waals surface area (Å²) in [5.74, 6) is 0.423. The van der Waals surface area contributed by atoms with E-state index < -0.39 is 4.92 Å². The first-order valence-electron chi connectivity index (χ1n) is 8.74. The third-order valence-electron chi connectivity index (χ3n) is 4.11. The minimum atomic E-state index is -0.458. The number of nitro benzene ring substituents is 1. The van der Waals surface area contributed by atoms with Crippen molar-refractivity contribution in [3.8, 4) is 5.75 Å². The molecule has 8 heteroatoms. The number of fused-ring (bicyclic) bond motifs is 1. The van der Waals surface area contributed by atoms with E-state index in [9.17, 15) is 14.9 Å². The van der Waals surface area contributed by atoms with Crippen LogP contribution in [0.5, 0.6) is 5.75 Å². The van der Waals surface area contributed by atoms with Crippen molar-refractivity contribution in [3.63, 3.8) is 0 Å². The van der Waals surface area contributed by atoms with Crippen LogP contribution < -0.4 is 10.2 Å². The van der Waals surface area contributed by atoms with Gasteiger partial charge >= 0.3 is 0 Å². The second kappa shape index (κ2) is 8.62. The first kappa shape index (κ1) is 19.5. The molecule has 0 radical (unpaired) electrons. The summed E-state index contributed by atoms with van der Waals surface area (Å²) in [6, 6.07) is 13.6. The standard InChI is InChI=1S/C20H19N3O4S/c1-3-13(2)27-17-7-4-14(5-8-17)12-21-22-20(24)19-11-15-10-16(23(25)26)6-9-18(15)28-19/h4-13H,3H2,1-2H3,(H,22,24). The first-order chi connectivity index (χ1) is 13.5. The Morgan fingerprint density at radius 1 is 1.29 bits per heavy atom. The zero-order valence-corrected chi connectivity index (χ0v) is 16.2. The van der Waals surface area contributed by atoms with E-state index in [4.69, 9.17) is 4.74 Å². The van der Waals surface area contributed by atoms with Crippen LogP contribution in [0.3, 0.4) is 0 Å². The molecule has 0 saturated carbocycles. The van der Waals surface area contributed by atoms with Gasteiger partial charge in [0.1, 0.15) is 5.75 Å². The minimum Gasteiger partial charge on any atom is -0.491 e. The highest BCUT2D eigenvalue weighted by Gasteiger charge is 2.12. The van der Waals surface area contributed by atoms with E-state index in [-0.39, 0.29) is 17.7 Å². The molecule has 2 aromatic carbocycles. The summed E-state index contributed by atoms with van der Waals surface area (Å²) >= 11 is 1.26. The molecular weight excluding hydrogens is 378 g/mol. The Morgan fingerprint density at radius 2 is 2.04 bits per heavy atom. The van der Waals surface area contributed by atoms with Gasteiger partial charge in [-0.1, -0.05) is 6.92 Å². The average Bonchev–Trinajstić information content (AvgIpc) is 3.12. The predicted octanol–water partition coefficient (Wildman–Crippen LogP) is 4.75. The zero-order valence-electron chi connectivity index (χ0n) is 15.4. The molecule has 0 aliphatic carbocycles. The van der Waals surface area contributed by atoms with Crippen molar-refractivity contribution in [1.29, 1.82) is 0 Å². The Hall–Kier alpha value is -3.26. The van der Waals surface area contributed by atoms with Crippen LogP contribution in [0.4, 0.5) is 5.69 Å². The molecule has 1 atom stereocenters. The lowest BCUT2D eigenvalue weighted by Crippen LogP contribution is -2.16. The summed E-state index contributed by atoms with van der Waals surface area (Å²) in [6.45, 7) is 4.07. The molecule has 28 heavy (non-hydrogen) atoms. The van der Waals surface area contributed by atoms with Gasteiger partial charge in [-0.15, -0.1) is 11.3 Å². The largest absolute Gasteiger partial charge is 0.491 e. The number of non-ortho nitro benzene ring substituents is 1. The SMILES string of the molecule is CCC(C)Oc1ccc(C=NNC(=O)c2cc3cc([N+](=O)[O-])ccc3s2)cc1. The van der Waals surface area contributed by atoms with Gasteiger partial charge < -0.3 is 4.74 Å². The number of nitrogens with one attached hydrogen (secondary N) is 1. The molecule has 3 aromatic rings. The Labute approximate surface area is 165 Å². The number of benzene rings is 2. The van der Waals surface area contributed by atoms with E-state index in [1.54, 1.807) is 18.3 Å². The van der Waals surface area contributed by atoms with Crippen LogP contribution in [0.15, 0.2) is 53.6 Å². The first-order valence-corrected chi connectivity index (χ1v) is 9.56. The summed E-state index contributed by atoms with van der Waals surface area (Å²) in [5, 5.41) is 15.5. The summed E-state index contributed by atoms with van der Waals surface area (Å²) in [6.07, 6.45) is 2.63. The number of carbonyl (C=O) groups is 1. The van der Waals surface area contributed by atoms with Gasteiger partial charge in [0.15, 0.2) is 0 Å². The summed E-state index contributed by atoms with van der Waals surface area (Å²) in [7, 11) is 0. The third-order valence-corrected chi connectivity index (χ3v) is 5.22. The fraction of sp³-hybridized carbons (Fsp3) is 0.200. The molecule has 1 amide bonds. The van der Waals surface area contributed by atoms with Crippen LogP contribution in [0.2, 0.25) is 0 Å². The molecule has 0 bridgehead atoms. The number of rotatable bonds is 7. The van der Waals surface area contributed by atoms with Crippen molar-refractivity contribution >= 4 is 39.2 Å². The van der Waals surface area contributed by atoms with Crippen molar-refractivity contribution in [3.05, 3.63) is 69.1 Å². The van der Waals surface area contributed by atoms with Gasteiger partial charge in [0.05, 0.1) is 22.1 Å². The maximum Gasteiger partial charge on any atom is 0.281 e. The fourth-order valence-corrected chi connectivity index (χ4v) is 3.36. The molecule has 7 nitrogen and oxygen atoms in total. The fourth-order valence-electron chi connectivity index (χ4n) is 2.42. The summed E-state index contributed by atoms with van der Waals surface area (Å²) < 4.78 is 6.52. The van der Waals surface area contributed by atoms with Gasteiger partial charge in [0.2, 0.25) is 0 Å². The Bertz CT molecular complexity index is 1030. The molecule has 0 saturated heterocycles. The molecule has 0 aliphatic rings. The van der Waals surface area contributed by atoms with Gasteiger partial charge in [0.25, 0.3) is 11.6 Å². The number of nitrogens with zero attached hydrogens (tertiary/aromatic N) is 2. The third kappa shape index (κ3) is 4.72. The molecule has 0 aliphatic heterocycles. The van der Waals surface area contributed by atoms with E-state index in [0.29, 0.717) is 10.3 Å². The molecular formula is C20H19N3O4S. The molecule has 144 valence electrons. The number of carbonyl (C=O) groups excluding carboxylic acids is 1. The zero-order chi connectivity index (χ0) is 20.1. The number of thiophene rings is 1. The maximum absolute atomic E-state index is 12.3. The molecule has 1 aromatic heterocycles. The summed E-state index contributed by atoms with van der Waals surface area (Å²) in [4.78, 5) is 23.1. The molecule has 0 spiro atoms. The van der Waals surface area contributed by atoms with Crippen LogP contribution in [0.1, 0.15) is 35.5 Å². The van der Waals surface area contributed by atoms with E-state index in [1.807, 2.05) is 31.2 Å². The van der Waals surface area contributed by atoms with Crippen LogP contribution in [-0.4, -0.2) is 23.1 Å². The van der Waals surface area contributed by atoms with Gasteiger partial charge in [-0.05, 0) is 55.3 Å². The number of hydrogen-bond donors (Lipinski definition) is 1. The summed E-state index contributed by atoms with van der Waals surface area (Å²) in [5.41, 5.74) is 3.30. The number of ether oxygens (including phenoxy) is 1. The van der Waals surface area contributed by atoms with Crippen LogP contribution in [0.25, 0.3) is 10.1 Å². The maximum atomic E-state index is 12.3. The number of hydrogen-bond acceptors (Lipinski definition) is 6. The smallest absolute Gasteiger partial charge is 0.281 e. The molecule has 0 fully saturated rings. The second-order valence-corrected chi connectivity index (χ2v) is 7.28. The van der Waals surface area contributed by atoms with E-state index in [1.165, 1.54) is 23.5 Å². The Kier molecular flexibility index (Phi) is 6.00. The Balaban J connectivity index is 1.63. The Morgan fingerprint density at radius 3 is 2.71 bits per heavy atom. The van der Waals surface area contributed by atoms with Gasteiger partial charge in [-0.3, -0.25) is 14.9 Å². The lowest BCUT2D eigenvalue weighted by molar-refractivity contribution is -0.384. The van der Waals surface area contributed by atoms with Crippen LogP contribution in [-0.2, 0) is 0 Å². The molecule has 3 rings (SSSR count). The molecule has 1 unspecified atom stereocenters. The average molecular weight is 397 g/mol. The highest BCUT2D eigenvalue weighted by Crippen LogP contribution is 2.28. The van der Waals surface area contributed by atoms with Crippen molar-refractivity contribution in [1.82, 2.24) is 5.43 Å². The van der Waals surface area contributed by atoms with Crippen LogP contribution in [0, 0.1) is 10.1 Å². The van der Waals surface area contributed by atoms with Gasteiger partial charge in [-0.25, -0.2) is 5.43 Å². The normalized spacial score (nSPS) is 12.2. The number of nitro groups is 1. The highest BCUT2D eigenvalue weighted by atomic mass is 32.1. The van der Waals surface area contributed by atoms with E-state index in [2.05, 4.69) is 17.5 Å². The van der Waals surface area contributed by atoms with Crippen molar-refractivity contribution < 1.29 is 14.5 Å². The lowest BCUT2D eigenvalue weighted by Gasteiger charge is -2.12. The van der Waals surface area contributed by atoms with Crippen LogP contribution >= 0.6 is 11.3 Å². The second-order valence-electron chi connectivity index (χ2n) is 6.19. The number of hydrazone groups is 1. The minimum absolute atomic E-state index is 0.00367. The van der Waals surface area contributed by atoms with E-state index >= 15 is 0 Å². The number of amides is 1. The van der Waals surface area contributed by atoms with Crippen molar-refractivity contribution in [2.24, 2.45) is 5.10 Å². The molecule has 1 N–H and O–H groups in total. The van der Waals surface area contributed by atoms with Crippen molar-refractivity contribution in [2.75, 3.05) is 0 Å². The predicted molar refractivity (Wildman–Crippen MR) is 110 cm³/mol. The topological polar surface area (TPSA) is 93.8 Å². The molecule has 1 heterocycles. The van der Waals surface area contributed by atoms with Gasteiger partial charge in [0, 0.05) is 22.2 Å². The van der Waals surface area contributed by atoms with Crippen molar-refractivity contribution in [2.45, 2.75) is 26.4 Å². The van der Waals surface area contributed by atoms with Gasteiger partial charge in [-0.2, -0.15) is 5.10 Å². The lowest BCUT2D eigenvalue weighted by atomic mass is 10.2. The highest BCUT2D eigenvalue weighted by molar-refractivity contribution is 7.20.